The van der Waals surface area contributed by atoms with Crippen molar-refractivity contribution in [3.05, 3.63) is 71.5 Å². The molecule has 436 valence electrons. The van der Waals surface area contributed by atoms with Crippen LogP contribution in [0, 0.1) is 22.7 Å². The van der Waals surface area contributed by atoms with Crippen molar-refractivity contribution in [2.45, 2.75) is 154 Å². The fraction of sp³-hybridized carbons (Fsp3) is 0.629. The first-order chi connectivity index (χ1) is 38.7. The summed E-state index contributed by atoms with van der Waals surface area (Å²) in [5.74, 6) is -0.445. The number of methoxy groups -OCH3 is 1. The Balaban J connectivity index is 0.892. The van der Waals surface area contributed by atoms with Gasteiger partial charge in [0.25, 0.3) is 5.91 Å². The number of esters is 1. The maximum atomic E-state index is 15.2. The highest BCUT2D eigenvalue weighted by atomic mass is 19.4. The molecule has 6 aliphatic heterocycles. The number of fused-ring (bicyclic) bond motifs is 6. The number of cyclic esters (lactones) is 1. The highest BCUT2D eigenvalue weighted by molar-refractivity contribution is 5.96. The lowest BCUT2D eigenvalue weighted by Crippen LogP contribution is -2.62. The molecule has 7 fully saturated rings. The Kier molecular flexibility index (Phi) is 15.1. The van der Waals surface area contributed by atoms with Crippen LogP contribution >= 0.6 is 0 Å². The second-order valence-electron chi connectivity index (χ2n) is 26.2. The lowest BCUT2D eigenvalue weighted by Gasteiger charge is -2.37. The zero-order valence-corrected chi connectivity index (χ0v) is 48.0. The smallest absolute Gasteiger partial charge is 0.406 e. The number of ether oxygens (including phenoxy) is 2. The predicted molar refractivity (Wildman–Crippen MR) is 303 cm³/mol. The molecule has 6 bridgehead atoms. The van der Waals surface area contributed by atoms with E-state index in [0.717, 1.165) is 61.4 Å². The molecule has 19 heteroatoms. The van der Waals surface area contributed by atoms with Gasteiger partial charge in [0.05, 0.1) is 42.0 Å². The van der Waals surface area contributed by atoms with Gasteiger partial charge in [-0.1, -0.05) is 58.0 Å². The van der Waals surface area contributed by atoms with Crippen molar-refractivity contribution >= 4 is 40.3 Å². The molecule has 2 unspecified atom stereocenters. The fourth-order valence-electron chi connectivity index (χ4n) is 14.2. The molecular formula is C62H81F3N10O6. The number of nitrogens with zero attached hydrogens (tertiary/aromatic N) is 7. The summed E-state index contributed by atoms with van der Waals surface area (Å²) in [6.07, 6.45) is 4.52. The Morgan fingerprint density at radius 2 is 1.68 bits per heavy atom. The van der Waals surface area contributed by atoms with Gasteiger partial charge in [-0.15, -0.1) is 0 Å². The number of pyridine rings is 1. The van der Waals surface area contributed by atoms with E-state index in [4.69, 9.17) is 14.5 Å². The van der Waals surface area contributed by atoms with Crippen molar-refractivity contribution in [1.29, 1.82) is 0 Å². The lowest BCUT2D eigenvalue weighted by atomic mass is 9.84. The van der Waals surface area contributed by atoms with Gasteiger partial charge < -0.3 is 29.2 Å². The van der Waals surface area contributed by atoms with E-state index in [1.54, 1.807) is 13.2 Å². The second-order valence-corrected chi connectivity index (χ2v) is 26.2. The molecule has 2 aromatic heterocycles. The number of alkyl halides is 3. The number of carbonyl (C=O) groups excluding carboxylic acids is 4. The zero-order valence-electron chi connectivity index (χ0n) is 48.0. The highest BCUT2D eigenvalue weighted by Gasteiger charge is 2.55. The summed E-state index contributed by atoms with van der Waals surface area (Å²) in [4.78, 5) is 71.9. The Hall–Kier alpha value is -5.60. The van der Waals surface area contributed by atoms with E-state index >= 15 is 18.0 Å². The van der Waals surface area contributed by atoms with E-state index in [1.165, 1.54) is 35.3 Å². The number of carbonyl (C=O) groups is 4. The van der Waals surface area contributed by atoms with Gasteiger partial charge >= 0.3 is 12.1 Å². The van der Waals surface area contributed by atoms with Gasteiger partial charge in [-0.2, -0.15) is 13.2 Å². The summed E-state index contributed by atoms with van der Waals surface area (Å²) in [6, 6.07) is 13.8. The minimum Gasteiger partial charge on any atom is -0.464 e. The second kappa shape index (κ2) is 21.9. The lowest BCUT2D eigenvalue weighted by molar-refractivity contribution is -0.155. The molecule has 0 radical (unpaired) electrons. The van der Waals surface area contributed by atoms with Crippen LogP contribution in [-0.2, 0) is 48.0 Å². The molecule has 4 aromatic rings. The topological polar surface area (TPSA) is 167 Å². The quantitative estimate of drug-likeness (QED) is 0.0961. The van der Waals surface area contributed by atoms with Crippen molar-refractivity contribution < 1.29 is 41.8 Å². The number of anilines is 1. The maximum Gasteiger partial charge on any atom is 0.406 e. The minimum absolute atomic E-state index is 0.0595. The van der Waals surface area contributed by atoms with Gasteiger partial charge in [0.1, 0.15) is 24.7 Å². The van der Waals surface area contributed by atoms with Crippen molar-refractivity contribution in [3.63, 3.8) is 0 Å². The summed E-state index contributed by atoms with van der Waals surface area (Å²) in [5.41, 5.74) is 7.98. The average Bonchev–Trinajstić information content (AvgIpc) is 4.34. The normalized spacial score (nSPS) is 27.5. The van der Waals surface area contributed by atoms with Crippen molar-refractivity contribution in [3.8, 4) is 22.4 Å². The predicted octanol–water partition coefficient (Wildman–Crippen LogP) is 7.27. The first kappa shape index (κ1) is 55.9. The summed E-state index contributed by atoms with van der Waals surface area (Å²) in [6.45, 7) is 14.9. The van der Waals surface area contributed by atoms with E-state index < -0.39 is 48.3 Å². The summed E-state index contributed by atoms with van der Waals surface area (Å²) in [7, 11) is 1.58. The summed E-state index contributed by atoms with van der Waals surface area (Å²) in [5, 5.41) is 8.75. The van der Waals surface area contributed by atoms with E-state index in [0.29, 0.717) is 97.0 Å². The Morgan fingerprint density at radius 3 is 2.41 bits per heavy atom. The first-order valence-corrected chi connectivity index (χ1v) is 29.9. The maximum absolute atomic E-state index is 15.2. The van der Waals surface area contributed by atoms with Gasteiger partial charge in [0, 0.05) is 105 Å². The van der Waals surface area contributed by atoms with Gasteiger partial charge in [-0.3, -0.25) is 44.3 Å². The highest BCUT2D eigenvalue weighted by Crippen LogP contribution is 2.46. The fourth-order valence-corrected chi connectivity index (χ4v) is 14.2. The SMILES string of the molecule is CO[C@@H](C)c1ncc(N2CCN(C3CC3)CC2)cc1-c1c2c3cc(ccc3n1CC(F)(F)F)-c1cccc(c1)C[C@H](NC(=O)C(C(C)C)N1CC[C@]3(CCN(C(=O)[C@@H]4NC4C4CC4)C3)C1)C(=O)N1CCC[C@H](N1)C(=O)OCC(C)(C)C2. The molecule has 5 saturated heterocycles. The van der Waals surface area contributed by atoms with Crippen LogP contribution in [0.15, 0.2) is 54.7 Å². The number of amides is 3. The number of nitrogens with one attached hydrogen (secondary N) is 3. The van der Waals surface area contributed by atoms with Crippen LogP contribution in [0.2, 0.25) is 0 Å². The zero-order chi connectivity index (χ0) is 56.7. The number of hydrazine groups is 1. The van der Waals surface area contributed by atoms with Crippen LogP contribution in [0.3, 0.4) is 0 Å². The summed E-state index contributed by atoms with van der Waals surface area (Å²) < 4.78 is 59.1. The number of likely N-dealkylation sites (tertiary alicyclic amines) is 2. The third-order valence-corrected chi connectivity index (χ3v) is 19.0. The molecule has 2 aromatic carbocycles. The van der Waals surface area contributed by atoms with E-state index in [1.807, 2.05) is 88.2 Å². The number of piperazine rings is 1. The number of rotatable bonds is 12. The van der Waals surface area contributed by atoms with Crippen LogP contribution in [0.4, 0.5) is 18.9 Å². The number of benzene rings is 2. The molecule has 3 amide bonds. The standard InChI is InChI=1S/C62H81F3N10O6/c1-37(2)54(72-21-18-61(33-72)19-22-73(34-61)58(78)53-52(68-53)40-12-13-40)56(76)67-49-28-39-9-7-10-41(27-39)42-14-17-50-45(29-42)47(31-60(4,5)36-81-59(79)48-11-8-20-75(69-48)57(49)77)55(74(50)35-62(63,64)65)46-30-44(32-66-51(46)38(3)80-6)71-25-23-70(24-26-71)43-15-16-43/h7,9-10,14,17,27,29-30,32,37-38,40,43,48-49,52-54,68-69H,8,11-13,15-16,18-26,28,31,33-36H2,1-6H3,(H,67,76)/t38-,48-,49-,52?,53+,54?,61-/m0/s1. The van der Waals surface area contributed by atoms with Gasteiger partial charge in [-0.05, 0) is 124 Å². The van der Waals surface area contributed by atoms with E-state index in [9.17, 15) is 14.4 Å². The molecule has 2 aliphatic carbocycles. The number of halogens is 3. The molecule has 12 rings (SSSR count). The van der Waals surface area contributed by atoms with Gasteiger partial charge in [0.2, 0.25) is 11.8 Å². The van der Waals surface area contributed by atoms with Crippen molar-refractivity contribution in [2.75, 3.05) is 77.5 Å². The molecule has 16 nitrogen and oxygen atoms in total. The Labute approximate surface area is 473 Å². The van der Waals surface area contributed by atoms with Crippen LogP contribution in [0.25, 0.3) is 33.3 Å². The molecule has 2 saturated carbocycles. The third-order valence-electron chi connectivity index (χ3n) is 19.0. The van der Waals surface area contributed by atoms with Crippen molar-refractivity contribution in [2.24, 2.45) is 22.7 Å². The van der Waals surface area contributed by atoms with E-state index in [2.05, 4.69) is 30.8 Å². The van der Waals surface area contributed by atoms with Crippen LogP contribution in [0.1, 0.15) is 109 Å². The number of aromatic nitrogens is 2. The molecule has 3 N–H and O–H groups in total. The molecular weight excluding hydrogens is 1040 g/mol. The Bertz CT molecular complexity index is 3060. The Morgan fingerprint density at radius 1 is 0.914 bits per heavy atom. The first-order valence-electron chi connectivity index (χ1n) is 29.9. The van der Waals surface area contributed by atoms with Crippen LogP contribution in [-0.4, -0.2) is 168 Å². The number of hydrogen-bond donors (Lipinski definition) is 3. The molecule has 8 heterocycles. The largest absolute Gasteiger partial charge is 0.464 e. The summed E-state index contributed by atoms with van der Waals surface area (Å²) >= 11 is 0. The minimum atomic E-state index is -4.60. The monoisotopic (exact) mass is 1120 g/mol. The average molecular weight is 1120 g/mol. The molecule has 8 aliphatic rings. The van der Waals surface area contributed by atoms with E-state index in [-0.39, 0.29) is 54.5 Å². The molecule has 7 atom stereocenters. The van der Waals surface area contributed by atoms with Crippen molar-refractivity contribution in [1.82, 2.24) is 45.3 Å². The number of hydrogen-bond acceptors (Lipinski definition) is 12. The van der Waals surface area contributed by atoms with Gasteiger partial charge in [-0.25, -0.2) is 5.43 Å². The molecule has 1 spiro atoms. The third kappa shape index (κ3) is 11.7. The molecule has 81 heavy (non-hydrogen) atoms. The van der Waals surface area contributed by atoms with Gasteiger partial charge in [0.15, 0.2) is 0 Å². The van der Waals surface area contributed by atoms with Crippen LogP contribution < -0.4 is 21.0 Å². The van der Waals surface area contributed by atoms with Crippen LogP contribution in [0.5, 0.6) is 0 Å².